The summed E-state index contributed by atoms with van der Waals surface area (Å²) in [6.07, 6.45) is -5.24. The second-order valence-electron chi connectivity index (χ2n) is 7.53. The molecule has 0 radical (unpaired) electrons. The Morgan fingerprint density at radius 1 is 0.926 bits per heavy atom. The van der Waals surface area contributed by atoms with Crippen LogP contribution < -0.4 is 16.2 Å². The van der Waals surface area contributed by atoms with Gasteiger partial charge in [0, 0.05) is 18.9 Å². The number of nitrogens with one attached hydrogen (secondary N) is 1. The minimum Gasteiger partial charge on any atom is -0.486 e. The van der Waals surface area contributed by atoms with E-state index < -0.39 is 18.3 Å². The van der Waals surface area contributed by atoms with Crippen molar-refractivity contribution in [1.29, 1.82) is 0 Å². The number of alkyl halides is 3. The van der Waals surface area contributed by atoms with Crippen LogP contribution in [0.5, 0.6) is 0 Å². The minimum absolute atomic E-state index is 0.288. The van der Waals surface area contributed by atoms with E-state index in [9.17, 15) is 13.2 Å². The Hall–Kier alpha value is -2.50. The Bertz CT molecular complexity index is 817. The number of allylic oxidation sites excluding steroid dienone is 2. The highest BCUT2D eigenvalue weighted by Gasteiger charge is 2.50. The Balaban J connectivity index is 2.34. The average molecular weight is 372 g/mol. The Labute approximate surface area is 158 Å². The molecular weight excluding hydrogens is 348 g/mol. The third-order valence-corrected chi connectivity index (χ3v) is 5.07. The van der Waals surface area contributed by atoms with Gasteiger partial charge in [0.15, 0.2) is 0 Å². The summed E-state index contributed by atoms with van der Waals surface area (Å²) in [7, 11) is 0. The van der Waals surface area contributed by atoms with Crippen molar-refractivity contribution in [3.8, 4) is 0 Å². The van der Waals surface area contributed by atoms with E-state index in [1.54, 1.807) is 6.92 Å². The van der Waals surface area contributed by atoms with Crippen molar-refractivity contribution < 1.29 is 17.7 Å². The Morgan fingerprint density at radius 3 is 1.81 bits per heavy atom. The smallest absolute Gasteiger partial charge is 0.427 e. The molecule has 0 unspecified atom stereocenters. The maximum atomic E-state index is 13.7. The molecule has 1 aliphatic heterocycles. The van der Waals surface area contributed by atoms with Crippen molar-refractivity contribution in [2.75, 3.05) is 6.54 Å². The van der Waals surface area contributed by atoms with Crippen LogP contribution in [0.15, 0.2) is 72.4 Å². The molecule has 2 nitrogen and oxygen atoms in total. The fraction of sp³-hybridized carbons (Fsp3) is 0.286. The summed E-state index contributed by atoms with van der Waals surface area (Å²) in [4.78, 5) is 0. The molecule has 2 aromatic carbocycles. The van der Waals surface area contributed by atoms with E-state index in [1.165, 1.54) is 6.08 Å². The van der Waals surface area contributed by atoms with Gasteiger partial charge < -0.3 is 9.71 Å². The average Bonchev–Trinajstić information content (AvgIpc) is 2.63. The molecule has 0 fully saturated rings. The third kappa shape index (κ3) is 3.66. The highest BCUT2D eigenvalue weighted by atomic mass is 19.4. The molecule has 1 heterocycles. The summed E-state index contributed by atoms with van der Waals surface area (Å²) in [6, 6.07) is 18.9. The molecule has 1 N–H and O–H groups in total. The van der Waals surface area contributed by atoms with Gasteiger partial charge in [-0.15, -0.1) is 10.9 Å². The molecule has 2 aromatic rings. The monoisotopic (exact) mass is 372 g/mol. The first kappa shape index (κ1) is 19.3. The predicted molar refractivity (Wildman–Crippen MR) is 106 cm³/mol. The zero-order chi connectivity index (χ0) is 19.7. The van der Waals surface area contributed by atoms with Crippen LogP contribution in [0.1, 0.15) is 20.8 Å². The lowest BCUT2D eigenvalue weighted by Crippen LogP contribution is -2.78. The van der Waals surface area contributed by atoms with Gasteiger partial charge >= 0.3 is 12.6 Å². The maximum absolute atomic E-state index is 13.7. The van der Waals surface area contributed by atoms with Crippen molar-refractivity contribution in [3.63, 3.8) is 0 Å². The first-order valence-electron chi connectivity index (χ1n) is 9.19. The molecule has 1 aliphatic rings. The van der Waals surface area contributed by atoms with Crippen molar-refractivity contribution in [2.45, 2.75) is 26.9 Å². The van der Waals surface area contributed by atoms with E-state index in [1.807, 2.05) is 60.7 Å². The zero-order valence-corrected chi connectivity index (χ0v) is 15.8. The van der Waals surface area contributed by atoms with E-state index >= 15 is 0 Å². The van der Waals surface area contributed by atoms with Gasteiger partial charge in [0.1, 0.15) is 5.71 Å². The molecular formula is C21H24BF3N2. The van der Waals surface area contributed by atoms with Crippen molar-refractivity contribution >= 4 is 23.1 Å². The first-order chi connectivity index (χ1) is 12.7. The molecule has 0 saturated carbocycles. The van der Waals surface area contributed by atoms with E-state index in [0.29, 0.717) is 12.3 Å². The number of hydrogen-bond donors (Lipinski definition) is 1. The van der Waals surface area contributed by atoms with Gasteiger partial charge in [0.25, 0.3) is 0 Å². The molecule has 142 valence electrons. The number of benzene rings is 2. The third-order valence-electron chi connectivity index (χ3n) is 5.07. The molecule has 0 amide bonds. The molecule has 3 rings (SSSR count). The standard InChI is InChI=1S/C21H24BF3N2/c1-16(2)15-27-17(3)14-20(21(23,24)25)26-22(27,18-10-6-4-7-11-18)19-12-8-5-9-13-19/h4-14,16,26H,15H2,1-3H3. The second-order valence-corrected chi connectivity index (χ2v) is 7.53. The number of nitrogens with zero attached hydrogens (tertiary/aromatic N) is 1. The lowest BCUT2D eigenvalue weighted by molar-refractivity contribution is -0.407. The van der Waals surface area contributed by atoms with E-state index in [0.717, 1.165) is 10.9 Å². The van der Waals surface area contributed by atoms with Crippen LogP contribution in [0.2, 0.25) is 0 Å². The van der Waals surface area contributed by atoms with Crippen LogP contribution in [0.3, 0.4) is 0 Å². The van der Waals surface area contributed by atoms with Crippen molar-refractivity contribution in [1.82, 2.24) is 5.23 Å². The molecule has 0 bridgehead atoms. The number of rotatable bonds is 4. The minimum atomic E-state index is -4.44. The summed E-state index contributed by atoms with van der Waals surface area (Å²) < 4.78 is 43.3. The lowest BCUT2D eigenvalue weighted by atomic mass is 9.35. The SMILES string of the molecule is CC1=[N+](CC(C)C)[B-](c2ccccc2)(c2ccccc2)NC(C(F)(F)F)=C1. The molecule has 0 spiro atoms. The summed E-state index contributed by atoms with van der Waals surface area (Å²) in [5.74, 6) is 0.288. The van der Waals surface area contributed by atoms with Gasteiger partial charge in [-0.3, -0.25) is 0 Å². The van der Waals surface area contributed by atoms with Crippen LogP contribution in [-0.2, 0) is 0 Å². The van der Waals surface area contributed by atoms with Crippen LogP contribution in [-0.4, -0.2) is 29.3 Å². The highest BCUT2D eigenvalue weighted by molar-refractivity contribution is 6.95. The van der Waals surface area contributed by atoms with Gasteiger partial charge in [0.2, 0.25) is 0 Å². The summed E-state index contributed by atoms with van der Waals surface area (Å²) in [5.41, 5.74) is 1.58. The van der Waals surface area contributed by atoms with Gasteiger partial charge in [-0.05, 0) is 0 Å². The topological polar surface area (TPSA) is 15.0 Å². The largest absolute Gasteiger partial charge is 0.486 e. The second kappa shape index (κ2) is 7.26. The number of hydrogen-bond acceptors (Lipinski definition) is 1. The molecule has 0 saturated heterocycles. The number of halogens is 3. The fourth-order valence-electron chi connectivity index (χ4n) is 3.98. The Morgan fingerprint density at radius 2 is 1.41 bits per heavy atom. The molecule has 0 atom stereocenters. The normalized spacial score (nSPS) is 16.9. The summed E-state index contributed by atoms with van der Waals surface area (Å²) in [6.45, 7) is 6.56. The van der Waals surface area contributed by atoms with Crippen molar-refractivity contribution in [2.24, 2.45) is 5.92 Å². The van der Waals surface area contributed by atoms with Gasteiger partial charge in [-0.25, -0.2) is 0 Å². The maximum Gasteiger partial charge on any atom is 0.427 e. The summed E-state index contributed by atoms with van der Waals surface area (Å²) >= 11 is 0. The van der Waals surface area contributed by atoms with E-state index in [-0.39, 0.29) is 5.92 Å². The molecule has 27 heavy (non-hydrogen) atoms. The molecule has 0 aromatic heterocycles. The summed E-state index contributed by atoms with van der Waals surface area (Å²) in [5, 5.41) is 2.93. The molecule has 6 heteroatoms. The zero-order valence-electron chi connectivity index (χ0n) is 15.8. The molecule has 0 aliphatic carbocycles. The van der Waals surface area contributed by atoms with Crippen LogP contribution in [0, 0.1) is 5.92 Å². The first-order valence-corrected chi connectivity index (χ1v) is 9.19. The highest BCUT2D eigenvalue weighted by Crippen LogP contribution is 2.27. The van der Waals surface area contributed by atoms with E-state index in [4.69, 9.17) is 0 Å². The quantitative estimate of drug-likeness (QED) is 0.813. The Kier molecular flexibility index (Phi) is 5.18. The van der Waals surface area contributed by atoms with Gasteiger partial charge in [-0.1, -0.05) is 74.5 Å². The van der Waals surface area contributed by atoms with Gasteiger partial charge in [-0.2, -0.15) is 13.2 Å². The van der Waals surface area contributed by atoms with E-state index in [2.05, 4.69) is 23.6 Å². The lowest BCUT2D eigenvalue weighted by Gasteiger charge is -2.44. The van der Waals surface area contributed by atoms with Crippen LogP contribution in [0.4, 0.5) is 13.2 Å². The van der Waals surface area contributed by atoms with Gasteiger partial charge in [0.05, 0.1) is 12.2 Å². The predicted octanol–water partition coefficient (Wildman–Crippen LogP) is 3.42. The van der Waals surface area contributed by atoms with Crippen LogP contribution >= 0.6 is 0 Å². The van der Waals surface area contributed by atoms with Crippen LogP contribution in [0.25, 0.3) is 0 Å². The van der Waals surface area contributed by atoms with Crippen molar-refractivity contribution in [3.05, 3.63) is 72.4 Å². The fourth-order valence-corrected chi connectivity index (χ4v) is 3.98.